The summed E-state index contributed by atoms with van der Waals surface area (Å²) in [6.45, 7) is 6.33. The van der Waals surface area contributed by atoms with E-state index in [1.165, 1.54) is 4.88 Å². The molecule has 1 amide bonds. The minimum Gasteiger partial charge on any atom is -0.462 e. The van der Waals surface area contributed by atoms with Crippen molar-refractivity contribution < 1.29 is 14.3 Å². The number of hydrogen-bond donors (Lipinski definition) is 1. The molecule has 0 saturated carbocycles. The number of carbonyl (C=O) groups is 2. The Morgan fingerprint density at radius 1 is 1.26 bits per heavy atom. The molecule has 0 bridgehead atoms. The van der Waals surface area contributed by atoms with Crippen LogP contribution in [0.5, 0.6) is 0 Å². The number of thiophene rings is 1. The van der Waals surface area contributed by atoms with Gasteiger partial charge in [-0.2, -0.15) is 0 Å². The Bertz CT molecular complexity index is 565. The fourth-order valence-electron chi connectivity index (χ4n) is 3.10. The van der Waals surface area contributed by atoms with Crippen LogP contribution in [0.15, 0.2) is 0 Å². The number of rotatable bonds is 8. The number of fused-ring (bicyclic) bond motifs is 1. The highest BCUT2D eigenvalue weighted by Crippen LogP contribution is 2.39. The second-order valence-electron chi connectivity index (χ2n) is 6.02. The van der Waals surface area contributed by atoms with Crippen molar-refractivity contribution in [2.45, 2.75) is 65.7 Å². The number of nitrogens with one attached hydrogen (secondary N) is 1. The SMILES string of the molecule is CCCC[C@H](CC)C(=O)Nc1sc2c(c1C(=O)OCC)CCC2. The van der Waals surface area contributed by atoms with Crippen LogP contribution in [0, 0.1) is 5.92 Å². The van der Waals surface area contributed by atoms with Crippen molar-refractivity contribution in [2.24, 2.45) is 5.92 Å². The van der Waals surface area contributed by atoms with Crippen LogP contribution in [0.3, 0.4) is 0 Å². The smallest absolute Gasteiger partial charge is 0.341 e. The summed E-state index contributed by atoms with van der Waals surface area (Å²) >= 11 is 1.55. The lowest BCUT2D eigenvalue weighted by Gasteiger charge is -2.15. The third-order valence-corrected chi connectivity index (χ3v) is 5.61. The lowest BCUT2D eigenvalue weighted by atomic mass is 9.98. The molecule has 5 heteroatoms. The van der Waals surface area contributed by atoms with Crippen molar-refractivity contribution in [3.8, 4) is 0 Å². The average Bonchev–Trinajstić information content (AvgIpc) is 3.08. The van der Waals surface area contributed by atoms with Gasteiger partial charge in [0.1, 0.15) is 5.00 Å². The molecule has 4 nitrogen and oxygen atoms in total. The highest BCUT2D eigenvalue weighted by molar-refractivity contribution is 7.17. The van der Waals surface area contributed by atoms with Gasteiger partial charge in [-0.05, 0) is 44.6 Å². The molecular formula is C18H27NO3S. The molecule has 0 radical (unpaired) electrons. The van der Waals surface area contributed by atoms with Gasteiger partial charge in [0.05, 0.1) is 12.2 Å². The highest BCUT2D eigenvalue weighted by Gasteiger charge is 2.29. The maximum absolute atomic E-state index is 12.6. The number of aryl methyl sites for hydroxylation is 1. The summed E-state index contributed by atoms with van der Waals surface area (Å²) in [4.78, 5) is 26.1. The van der Waals surface area contributed by atoms with Crippen LogP contribution < -0.4 is 5.32 Å². The predicted octanol–water partition coefficient (Wildman–Crippen LogP) is 4.57. The minimum atomic E-state index is -0.302. The molecule has 0 fully saturated rings. The fourth-order valence-corrected chi connectivity index (χ4v) is 4.38. The van der Waals surface area contributed by atoms with Crippen LogP contribution >= 0.6 is 11.3 Å². The van der Waals surface area contributed by atoms with E-state index in [1.54, 1.807) is 18.3 Å². The van der Waals surface area contributed by atoms with Gasteiger partial charge in [0, 0.05) is 10.8 Å². The molecule has 1 heterocycles. The molecule has 1 aromatic rings. The Morgan fingerprint density at radius 3 is 2.70 bits per heavy atom. The minimum absolute atomic E-state index is 0.0157. The maximum Gasteiger partial charge on any atom is 0.341 e. The predicted molar refractivity (Wildman–Crippen MR) is 94.2 cm³/mol. The number of esters is 1. The van der Waals surface area contributed by atoms with Crippen molar-refractivity contribution in [2.75, 3.05) is 11.9 Å². The summed E-state index contributed by atoms with van der Waals surface area (Å²) in [5.74, 6) is -0.253. The van der Waals surface area contributed by atoms with Crippen molar-refractivity contribution in [3.63, 3.8) is 0 Å². The van der Waals surface area contributed by atoms with E-state index in [4.69, 9.17) is 4.74 Å². The average molecular weight is 337 g/mol. The molecule has 128 valence electrons. The van der Waals surface area contributed by atoms with E-state index in [1.807, 2.05) is 6.92 Å². The van der Waals surface area contributed by atoms with Gasteiger partial charge in [0.2, 0.25) is 5.91 Å². The molecular weight excluding hydrogens is 310 g/mol. The Morgan fingerprint density at radius 2 is 2.04 bits per heavy atom. The van der Waals surface area contributed by atoms with Gasteiger partial charge in [0.15, 0.2) is 0 Å². The number of hydrogen-bond acceptors (Lipinski definition) is 4. The molecule has 1 N–H and O–H groups in total. The van der Waals surface area contributed by atoms with Crippen molar-refractivity contribution in [3.05, 3.63) is 16.0 Å². The number of ether oxygens (including phenoxy) is 1. The normalized spacial score (nSPS) is 14.4. The first kappa shape index (κ1) is 18.0. The first-order valence-corrected chi connectivity index (χ1v) is 9.56. The third-order valence-electron chi connectivity index (χ3n) is 4.41. The Hall–Kier alpha value is -1.36. The first-order valence-electron chi connectivity index (χ1n) is 8.74. The van der Waals surface area contributed by atoms with Gasteiger partial charge in [-0.15, -0.1) is 11.3 Å². The van der Waals surface area contributed by atoms with Crippen LogP contribution in [-0.2, 0) is 22.4 Å². The summed E-state index contributed by atoms with van der Waals surface area (Å²) in [6.07, 6.45) is 6.85. The summed E-state index contributed by atoms with van der Waals surface area (Å²) in [5, 5.41) is 3.71. The van der Waals surface area contributed by atoms with Crippen molar-refractivity contribution in [1.82, 2.24) is 0 Å². The van der Waals surface area contributed by atoms with Gasteiger partial charge < -0.3 is 10.1 Å². The van der Waals surface area contributed by atoms with Crippen LogP contribution in [0.25, 0.3) is 0 Å². The molecule has 0 saturated heterocycles. The monoisotopic (exact) mass is 337 g/mol. The fraction of sp³-hybridized carbons (Fsp3) is 0.667. The zero-order valence-corrected chi connectivity index (χ0v) is 15.2. The van der Waals surface area contributed by atoms with Crippen molar-refractivity contribution >= 4 is 28.2 Å². The molecule has 0 aliphatic heterocycles. The van der Waals surface area contributed by atoms with Crippen molar-refractivity contribution in [1.29, 1.82) is 0 Å². The molecule has 1 aromatic heterocycles. The summed E-state index contributed by atoms with van der Waals surface area (Å²) in [7, 11) is 0. The van der Waals surface area contributed by atoms with Crippen LogP contribution in [0.4, 0.5) is 5.00 Å². The van der Waals surface area contributed by atoms with Gasteiger partial charge >= 0.3 is 5.97 Å². The topological polar surface area (TPSA) is 55.4 Å². The van der Waals surface area contributed by atoms with Gasteiger partial charge in [-0.25, -0.2) is 4.79 Å². The maximum atomic E-state index is 12.6. The molecule has 0 spiro atoms. The van der Waals surface area contributed by atoms with E-state index >= 15 is 0 Å². The molecule has 23 heavy (non-hydrogen) atoms. The van der Waals surface area contributed by atoms with Gasteiger partial charge in [-0.1, -0.05) is 26.7 Å². The number of amides is 1. The van der Waals surface area contributed by atoms with E-state index in [2.05, 4.69) is 12.2 Å². The zero-order valence-electron chi connectivity index (χ0n) is 14.4. The molecule has 0 aromatic carbocycles. The van der Waals surface area contributed by atoms with E-state index in [0.29, 0.717) is 17.2 Å². The lowest BCUT2D eigenvalue weighted by molar-refractivity contribution is -0.120. The number of anilines is 1. The second-order valence-corrected chi connectivity index (χ2v) is 7.12. The van der Waals surface area contributed by atoms with Gasteiger partial charge in [-0.3, -0.25) is 4.79 Å². The Labute approximate surface area is 142 Å². The second kappa shape index (κ2) is 8.48. The number of unbranched alkanes of at least 4 members (excludes halogenated alkanes) is 1. The summed E-state index contributed by atoms with van der Waals surface area (Å²) < 4.78 is 5.20. The number of carbonyl (C=O) groups excluding carboxylic acids is 2. The zero-order chi connectivity index (χ0) is 16.8. The van der Waals surface area contributed by atoms with Crippen LogP contribution in [0.2, 0.25) is 0 Å². The quantitative estimate of drug-likeness (QED) is 0.707. The molecule has 2 rings (SSSR count). The molecule has 1 atom stereocenters. The molecule has 0 unspecified atom stereocenters. The van der Waals surface area contributed by atoms with Crippen LogP contribution in [-0.4, -0.2) is 18.5 Å². The van der Waals surface area contributed by atoms with E-state index < -0.39 is 0 Å². The molecule has 1 aliphatic rings. The lowest BCUT2D eigenvalue weighted by Crippen LogP contribution is -2.23. The summed E-state index contributed by atoms with van der Waals surface area (Å²) in [5.41, 5.74) is 1.69. The third kappa shape index (κ3) is 4.14. The Balaban J connectivity index is 2.19. The Kier molecular flexibility index (Phi) is 6.63. The standard InChI is InChI=1S/C18H27NO3S/c1-4-7-9-12(5-2)16(20)19-17-15(18(21)22-6-3)13-10-8-11-14(13)23-17/h12H,4-11H2,1-3H3,(H,19,20)/t12-/m0/s1. The van der Waals surface area contributed by atoms with E-state index in [9.17, 15) is 9.59 Å². The first-order chi connectivity index (χ1) is 11.1. The largest absolute Gasteiger partial charge is 0.462 e. The van der Waals surface area contributed by atoms with E-state index in [-0.39, 0.29) is 17.8 Å². The van der Waals surface area contributed by atoms with Crippen LogP contribution in [0.1, 0.15) is 73.7 Å². The molecule has 1 aliphatic carbocycles. The summed E-state index contributed by atoms with van der Waals surface area (Å²) in [6, 6.07) is 0. The highest BCUT2D eigenvalue weighted by atomic mass is 32.1. The van der Waals surface area contributed by atoms with Gasteiger partial charge in [0.25, 0.3) is 0 Å². The van der Waals surface area contributed by atoms with E-state index in [0.717, 1.165) is 50.5 Å².